The molecule has 0 aromatic heterocycles. The van der Waals surface area contributed by atoms with Crippen LogP contribution < -0.4 is 10.2 Å². The Morgan fingerprint density at radius 3 is 2.82 bits per heavy atom. The van der Waals surface area contributed by atoms with Crippen LogP contribution in [0.5, 0.6) is 0 Å². The van der Waals surface area contributed by atoms with Gasteiger partial charge in [0.05, 0.1) is 23.4 Å². The van der Waals surface area contributed by atoms with Gasteiger partial charge in [0.15, 0.2) is 0 Å². The van der Waals surface area contributed by atoms with Crippen molar-refractivity contribution in [3.8, 4) is 6.07 Å². The summed E-state index contributed by atoms with van der Waals surface area (Å²) in [5, 5.41) is 11.6. The van der Waals surface area contributed by atoms with Gasteiger partial charge in [0, 0.05) is 13.1 Å². The molecule has 1 aliphatic rings. The average Bonchev–Trinajstić information content (AvgIpc) is 2.84. The highest BCUT2D eigenvalue weighted by Crippen LogP contribution is 2.24. The van der Waals surface area contributed by atoms with Crippen LogP contribution in [0, 0.1) is 17.1 Å². The Balaban J connectivity index is 1.96. The highest BCUT2D eigenvalue weighted by Gasteiger charge is 2.27. The SMILES string of the molecule is CC(C)(C)OC(=O)NC1CCN(c2ccc(C#N)cc2F)C1. The molecule has 6 heteroatoms. The van der Waals surface area contributed by atoms with Crippen molar-refractivity contribution >= 4 is 11.8 Å². The summed E-state index contributed by atoms with van der Waals surface area (Å²) in [6, 6.07) is 6.25. The molecule has 1 fully saturated rings. The normalized spacial score (nSPS) is 18.0. The fourth-order valence-corrected chi connectivity index (χ4v) is 2.40. The Bertz CT molecular complexity index is 604. The van der Waals surface area contributed by atoms with Crippen molar-refractivity contribution in [1.82, 2.24) is 5.32 Å². The predicted molar refractivity (Wildman–Crippen MR) is 81.1 cm³/mol. The Morgan fingerprint density at radius 2 is 2.23 bits per heavy atom. The second-order valence-corrected chi connectivity index (χ2v) is 6.36. The van der Waals surface area contributed by atoms with Crippen LogP contribution in [-0.4, -0.2) is 30.8 Å². The van der Waals surface area contributed by atoms with Crippen LogP contribution in [0.3, 0.4) is 0 Å². The Morgan fingerprint density at radius 1 is 1.50 bits per heavy atom. The van der Waals surface area contributed by atoms with E-state index in [4.69, 9.17) is 10.00 Å². The molecule has 118 valence electrons. The summed E-state index contributed by atoms with van der Waals surface area (Å²) >= 11 is 0. The molecule has 0 spiro atoms. The number of halogens is 1. The number of amides is 1. The molecule has 5 nitrogen and oxygen atoms in total. The molecule has 0 radical (unpaired) electrons. The summed E-state index contributed by atoms with van der Waals surface area (Å²) in [4.78, 5) is 13.6. The third-order valence-electron chi connectivity index (χ3n) is 3.33. The summed E-state index contributed by atoms with van der Waals surface area (Å²) < 4.78 is 19.2. The summed E-state index contributed by atoms with van der Waals surface area (Å²) in [7, 11) is 0. The van der Waals surface area contributed by atoms with E-state index in [0.29, 0.717) is 24.3 Å². The molecular formula is C16H20FN3O2. The van der Waals surface area contributed by atoms with Crippen molar-refractivity contribution in [2.24, 2.45) is 0 Å². The van der Waals surface area contributed by atoms with E-state index < -0.39 is 17.5 Å². The monoisotopic (exact) mass is 305 g/mol. The van der Waals surface area contributed by atoms with E-state index in [1.54, 1.807) is 32.9 Å². The predicted octanol–water partition coefficient (Wildman–Crippen LogP) is 2.80. The summed E-state index contributed by atoms with van der Waals surface area (Å²) in [5.74, 6) is -0.419. The minimum absolute atomic E-state index is 0.0788. The third-order valence-corrected chi connectivity index (χ3v) is 3.33. The van der Waals surface area contributed by atoms with E-state index >= 15 is 0 Å². The molecule has 0 aliphatic carbocycles. The molecular weight excluding hydrogens is 285 g/mol. The largest absolute Gasteiger partial charge is 0.444 e. The maximum absolute atomic E-state index is 14.0. The van der Waals surface area contributed by atoms with Crippen LogP contribution in [0.2, 0.25) is 0 Å². The van der Waals surface area contributed by atoms with Crippen LogP contribution in [0.25, 0.3) is 0 Å². The second kappa shape index (κ2) is 6.22. The number of hydrogen-bond acceptors (Lipinski definition) is 4. The van der Waals surface area contributed by atoms with Gasteiger partial charge in [-0.15, -0.1) is 0 Å². The number of nitrogens with zero attached hydrogens (tertiary/aromatic N) is 2. The lowest BCUT2D eigenvalue weighted by atomic mass is 10.2. The summed E-state index contributed by atoms with van der Waals surface area (Å²) in [5.41, 5.74) is 0.207. The lowest BCUT2D eigenvalue weighted by Gasteiger charge is -2.22. The van der Waals surface area contributed by atoms with Gasteiger partial charge < -0.3 is 15.0 Å². The van der Waals surface area contributed by atoms with Gasteiger partial charge >= 0.3 is 6.09 Å². The number of hydrogen-bond donors (Lipinski definition) is 1. The van der Waals surface area contributed by atoms with E-state index in [9.17, 15) is 9.18 Å². The number of ether oxygens (including phenoxy) is 1. The molecule has 1 saturated heterocycles. The molecule has 1 aromatic rings. The van der Waals surface area contributed by atoms with Gasteiger partial charge in [-0.2, -0.15) is 5.26 Å². The van der Waals surface area contributed by atoms with Crippen molar-refractivity contribution in [2.45, 2.75) is 38.8 Å². The molecule has 2 rings (SSSR count). The number of benzene rings is 1. The molecule has 1 amide bonds. The fourth-order valence-electron chi connectivity index (χ4n) is 2.40. The first-order valence-electron chi connectivity index (χ1n) is 7.22. The van der Waals surface area contributed by atoms with Gasteiger partial charge in [0.1, 0.15) is 11.4 Å². The van der Waals surface area contributed by atoms with Crippen molar-refractivity contribution < 1.29 is 13.9 Å². The van der Waals surface area contributed by atoms with Crippen molar-refractivity contribution in [3.05, 3.63) is 29.6 Å². The lowest BCUT2D eigenvalue weighted by molar-refractivity contribution is 0.0509. The van der Waals surface area contributed by atoms with Crippen molar-refractivity contribution in [2.75, 3.05) is 18.0 Å². The third kappa shape index (κ3) is 4.10. The molecule has 0 bridgehead atoms. The average molecular weight is 305 g/mol. The number of carbonyl (C=O) groups is 1. The van der Waals surface area contributed by atoms with E-state index in [1.807, 2.05) is 11.0 Å². The van der Waals surface area contributed by atoms with Crippen LogP contribution in [0.1, 0.15) is 32.8 Å². The molecule has 1 unspecified atom stereocenters. The topological polar surface area (TPSA) is 65.4 Å². The van der Waals surface area contributed by atoms with Gasteiger partial charge in [-0.3, -0.25) is 0 Å². The van der Waals surface area contributed by atoms with Crippen molar-refractivity contribution in [1.29, 1.82) is 5.26 Å². The molecule has 1 atom stereocenters. The van der Waals surface area contributed by atoms with E-state index in [1.165, 1.54) is 6.07 Å². The number of anilines is 1. The first-order valence-corrected chi connectivity index (χ1v) is 7.22. The van der Waals surface area contributed by atoms with E-state index in [2.05, 4.69) is 5.32 Å². The first-order chi connectivity index (χ1) is 10.3. The number of carbonyl (C=O) groups excluding carboxylic acids is 1. The highest BCUT2D eigenvalue weighted by atomic mass is 19.1. The molecule has 1 aliphatic heterocycles. The Hall–Kier alpha value is -2.29. The standard InChI is InChI=1S/C16H20FN3O2/c1-16(2,3)22-15(21)19-12-6-7-20(10-12)14-5-4-11(9-18)8-13(14)17/h4-5,8,12H,6-7,10H2,1-3H3,(H,19,21). The van der Waals surface area contributed by atoms with Crippen LogP contribution >= 0.6 is 0 Å². The molecule has 0 saturated carbocycles. The zero-order valence-electron chi connectivity index (χ0n) is 13.0. The van der Waals surface area contributed by atoms with E-state index in [-0.39, 0.29) is 6.04 Å². The lowest BCUT2D eigenvalue weighted by Crippen LogP contribution is -2.40. The van der Waals surface area contributed by atoms with Crippen LogP contribution in [-0.2, 0) is 4.74 Å². The Kier molecular flexibility index (Phi) is 4.55. The van der Waals surface area contributed by atoms with Gasteiger partial charge in [0.2, 0.25) is 0 Å². The van der Waals surface area contributed by atoms with Crippen molar-refractivity contribution in [3.63, 3.8) is 0 Å². The maximum atomic E-state index is 14.0. The number of nitriles is 1. The van der Waals surface area contributed by atoms with Gasteiger partial charge in [-0.25, -0.2) is 9.18 Å². The minimum Gasteiger partial charge on any atom is -0.444 e. The molecule has 22 heavy (non-hydrogen) atoms. The zero-order chi connectivity index (χ0) is 16.3. The Labute approximate surface area is 129 Å². The maximum Gasteiger partial charge on any atom is 0.407 e. The summed E-state index contributed by atoms with van der Waals surface area (Å²) in [6.45, 7) is 6.57. The smallest absolute Gasteiger partial charge is 0.407 e. The fraction of sp³-hybridized carbons (Fsp3) is 0.500. The van der Waals surface area contributed by atoms with Gasteiger partial charge in [-0.1, -0.05) is 0 Å². The molecule has 1 N–H and O–H groups in total. The minimum atomic E-state index is -0.540. The van der Waals surface area contributed by atoms with E-state index in [0.717, 1.165) is 6.42 Å². The quantitative estimate of drug-likeness (QED) is 0.912. The number of alkyl carbamates (subject to hydrolysis) is 1. The second-order valence-electron chi connectivity index (χ2n) is 6.36. The summed E-state index contributed by atoms with van der Waals surface area (Å²) in [6.07, 6.45) is 0.262. The molecule has 1 heterocycles. The van der Waals surface area contributed by atoms with Crippen LogP contribution in [0.15, 0.2) is 18.2 Å². The number of rotatable bonds is 2. The zero-order valence-corrected chi connectivity index (χ0v) is 13.0. The number of nitrogens with one attached hydrogen (secondary N) is 1. The van der Waals surface area contributed by atoms with Crippen LogP contribution in [0.4, 0.5) is 14.9 Å². The highest BCUT2D eigenvalue weighted by molar-refractivity contribution is 5.68. The molecule has 1 aromatic carbocycles. The van der Waals surface area contributed by atoms with Gasteiger partial charge in [-0.05, 0) is 45.4 Å². The first kappa shape index (κ1) is 16.1. The van der Waals surface area contributed by atoms with Gasteiger partial charge in [0.25, 0.3) is 0 Å².